The number of nitrogens with one attached hydrogen (secondary N) is 2. The molecule has 0 radical (unpaired) electrons. The molecule has 2 aromatic rings. The SMILES string of the molecule is O=C(CN(CC[NH+]1CCCC1)C(=O)c1ccccc1F)Nc1ccon1. The Morgan fingerprint density at radius 3 is 2.69 bits per heavy atom. The fourth-order valence-electron chi connectivity index (χ4n) is 3.11. The number of hydrogen-bond acceptors (Lipinski definition) is 4. The fraction of sp³-hybridized carbons (Fsp3) is 0.389. The molecule has 3 rings (SSSR count). The lowest BCUT2D eigenvalue weighted by Gasteiger charge is -2.23. The molecule has 1 aromatic heterocycles. The number of anilines is 1. The molecule has 0 bridgehead atoms. The van der Waals surface area contributed by atoms with Crippen molar-refractivity contribution in [2.75, 3.05) is 38.0 Å². The number of amides is 2. The van der Waals surface area contributed by atoms with E-state index < -0.39 is 17.6 Å². The molecule has 2 amide bonds. The van der Waals surface area contributed by atoms with Gasteiger partial charge in [-0.05, 0) is 12.1 Å². The second-order valence-corrected chi connectivity index (χ2v) is 6.35. The molecule has 1 saturated heterocycles. The van der Waals surface area contributed by atoms with E-state index in [-0.39, 0.29) is 17.9 Å². The number of nitrogens with zero attached hydrogens (tertiary/aromatic N) is 2. The topological polar surface area (TPSA) is 79.9 Å². The number of carbonyl (C=O) groups is 2. The minimum Gasteiger partial charge on any atom is -0.363 e. The first-order chi connectivity index (χ1) is 12.6. The zero-order valence-electron chi connectivity index (χ0n) is 14.4. The van der Waals surface area contributed by atoms with Crippen molar-refractivity contribution in [3.8, 4) is 0 Å². The molecular weight excluding hydrogens is 339 g/mol. The Bertz CT molecular complexity index is 745. The van der Waals surface area contributed by atoms with E-state index >= 15 is 0 Å². The molecule has 2 heterocycles. The Morgan fingerprint density at radius 1 is 1.23 bits per heavy atom. The number of likely N-dealkylation sites (tertiary alicyclic amines) is 1. The lowest BCUT2D eigenvalue weighted by molar-refractivity contribution is -0.886. The van der Waals surface area contributed by atoms with Crippen molar-refractivity contribution in [1.82, 2.24) is 10.1 Å². The molecule has 7 nitrogen and oxygen atoms in total. The Morgan fingerprint density at radius 2 is 2.00 bits per heavy atom. The minimum atomic E-state index is -0.590. The van der Waals surface area contributed by atoms with Crippen molar-refractivity contribution in [2.45, 2.75) is 12.8 Å². The molecule has 1 aliphatic rings. The molecule has 0 unspecified atom stereocenters. The Kier molecular flexibility index (Phi) is 5.96. The first-order valence-electron chi connectivity index (χ1n) is 8.71. The van der Waals surface area contributed by atoms with E-state index in [9.17, 15) is 14.0 Å². The largest absolute Gasteiger partial charge is 0.363 e. The smallest absolute Gasteiger partial charge is 0.257 e. The Labute approximate surface area is 150 Å². The zero-order valence-corrected chi connectivity index (χ0v) is 14.4. The highest BCUT2D eigenvalue weighted by atomic mass is 19.1. The van der Waals surface area contributed by atoms with E-state index in [1.807, 2.05) is 0 Å². The maximum Gasteiger partial charge on any atom is 0.257 e. The third-order valence-electron chi connectivity index (χ3n) is 4.48. The quantitative estimate of drug-likeness (QED) is 0.756. The van der Waals surface area contributed by atoms with Gasteiger partial charge in [0.25, 0.3) is 5.91 Å². The second-order valence-electron chi connectivity index (χ2n) is 6.35. The molecule has 8 heteroatoms. The van der Waals surface area contributed by atoms with Gasteiger partial charge in [0.05, 0.1) is 31.7 Å². The molecule has 138 valence electrons. The molecule has 0 atom stereocenters. The summed E-state index contributed by atoms with van der Waals surface area (Å²) < 4.78 is 18.7. The van der Waals surface area contributed by atoms with Crippen LogP contribution in [0.4, 0.5) is 10.2 Å². The van der Waals surface area contributed by atoms with E-state index in [0.717, 1.165) is 19.6 Å². The van der Waals surface area contributed by atoms with Crippen molar-refractivity contribution in [2.24, 2.45) is 0 Å². The summed E-state index contributed by atoms with van der Waals surface area (Å²) in [6.45, 7) is 3.07. The van der Waals surface area contributed by atoms with E-state index in [2.05, 4.69) is 15.0 Å². The summed E-state index contributed by atoms with van der Waals surface area (Å²) in [6.07, 6.45) is 3.68. The third-order valence-corrected chi connectivity index (χ3v) is 4.48. The predicted molar refractivity (Wildman–Crippen MR) is 92.2 cm³/mol. The van der Waals surface area contributed by atoms with Crippen LogP contribution in [-0.4, -0.2) is 54.6 Å². The number of rotatable bonds is 7. The number of halogens is 1. The standard InChI is InChI=1S/C18H21FN4O3/c19-15-6-2-1-5-14(15)18(25)23(11-10-22-8-3-4-9-22)13-17(24)20-16-7-12-26-21-16/h1-2,5-7,12H,3-4,8-11,13H2,(H,20,21,24)/p+1. The highest BCUT2D eigenvalue weighted by Crippen LogP contribution is 2.10. The average molecular weight is 361 g/mol. The molecule has 0 saturated carbocycles. The summed E-state index contributed by atoms with van der Waals surface area (Å²) in [5.74, 6) is -1.21. The van der Waals surface area contributed by atoms with Gasteiger partial charge in [-0.25, -0.2) is 4.39 Å². The summed E-state index contributed by atoms with van der Waals surface area (Å²) in [5, 5.41) is 6.18. The second kappa shape index (κ2) is 8.57. The minimum absolute atomic E-state index is 0.0295. The summed E-state index contributed by atoms with van der Waals surface area (Å²) >= 11 is 0. The maximum atomic E-state index is 14.0. The monoisotopic (exact) mass is 361 g/mol. The van der Waals surface area contributed by atoms with Gasteiger partial charge in [0.1, 0.15) is 18.6 Å². The van der Waals surface area contributed by atoms with Gasteiger partial charge in [-0.15, -0.1) is 0 Å². The maximum absolute atomic E-state index is 14.0. The van der Waals surface area contributed by atoms with Crippen LogP contribution in [0.25, 0.3) is 0 Å². The van der Waals surface area contributed by atoms with Gasteiger partial charge in [-0.3, -0.25) is 9.59 Å². The van der Waals surface area contributed by atoms with Crippen molar-refractivity contribution in [1.29, 1.82) is 0 Å². The number of aromatic nitrogens is 1. The molecule has 1 aliphatic heterocycles. The van der Waals surface area contributed by atoms with Crippen LogP contribution in [0.2, 0.25) is 0 Å². The van der Waals surface area contributed by atoms with E-state index in [4.69, 9.17) is 0 Å². The van der Waals surface area contributed by atoms with Crippen LogP contribution in [0.3, 0.4) is 0 Å². The van der Waals surface area contributed by atoms with Gasteiger partial charge in [-0.1, -0.05) is 17.3 Å². The highest BCUT2D eigenvalue weighted by molar-refractivity contribution is 5.99. The van der Waals surface area contributed by atoms with Crippen LogP contribution in [-0.2, 0) is 4.79 Å². The molecule has 0 spiro atoms. The van der Waals surface area contributed by atoms with E-state index in [0.29, 0.717) is 6.54 Å². The average Bonchev–Trinajstić information content (AvgIpc) is 3.32. The van der Waals surface area contributed by atoms with Crippen molar-refractivity contribution >= 4 is 17.6 Å². The third kappa shape index (κ3) is 4.66. The van der Waals surface area contributed by atoms with Crippen LogP contribution in [0, 0.1) is 5.82 Å². The number of quaternary nitrogens is 1. The Balaban J connectivity index is 1.68. The highest BCUT2D eigenvalue weighted by Gasteiger charge is 2.24. The van der Waals surface area contributed by atoms with Gasteiger partial charge < -0.3 is 19.6 Å². The first-order valence-corrected chi connectivity index (χ1v) is 8.71. The van der Waals surface area contributed by atoms with Gasteiger partial charge in [0.15, 0.2) is 5.82 Å². The normalized spacial score (nSPS) is 14.3. The first kappa shape index (κ1) is 18.1. The van der Waals surface area contributed by atoms with Gasteiger partial charge in [0, 0.05) is 18.9 Å². The lowest BCUT2D eigenvalue weighted by Crippen LogP contribution is -3.10. The molecule has 1 fully saturated rings. The predicted octanol–water partition coefficient (Wildman–Crippen LogP) is 0.573. The van der Waals surface area contributed by atoms with Crippen LogP contribution in [0.15, 0.2) is 41.1 Å². The molecule has 2 N–H and O–H groups in total. The van der Waals surface area contributed by atoms with Crippen molar-refractivity contribution in [3.05, 3.63) is 48.0 Å². The fourth-order valence-corrected chi connectivity index (χ4v) is 3.11. The summed E-state index contributed by atoms with van der Waals surface area (Å²) in [7, 11) is 0. The number of carbonyl (C=O) groups excluding carboxylic acids is 2. The van der Waals surface area contributed by atoms with Gasteiger partial charge >= 0.3 is 0 Å². The van der Waals surface area contributed by atoms with Crippen LogP contribution in [0.1, 0.15) is 23.2 Å². The van der Waals surface area contributed by atoms with Crippen LogP contribution in [0.5, 0.6) is 0 Å². The number of hydrogen-bond donors (Lipinski definition) is 2. The molecule has 26 heavy (non-hydrogen) atoms. The zero-order chi connectivity index (χ0) is 18.4. The Hall–Kier alpha value is -2.74. The van der Waals surface area contributed by atoms with E-state index in [1.165, 1.54) is 53.2 Å². The lowest BCUT2D eigenvalue weighted by atomic mass is 10.2. The molecule has 0 aliphatic carbocycles. The van der Waals surface area contributed by atoms with Crippen molar-refractivity contribution < 1.29 is 23.4 Å². The van der Waals surface area contributed by atoms with E-state index in [1.54, 1.807) is 6.07 Å². The summed E-state index contributed by atoms with van der Waals surface area (Å²) in [6, 6.07) is 7.32. The van der Waals surface area contributed by atoms with Crippen LogP contribution >= 0.6 is 0 Å². The van der Waals surface area contributed by atoms with Gasteiger partial charge in [-0.2, -0.15) is 0 Å². The van der Waals surface area contributed by atoms with Crippen molar-refractivity contribution in [3.63, 3.8) is 0 Å². The summed E-state index contributed by atoms with van der Waals surface area (Å²) in [4.78, 5) is 27.8. The molecular formula is C18H22FN4O3+. The molecule has 1 aromatic carbocycles. The number of benzene rings is 1. The summed E-state index contributed by atoms with van der Waals surface area (Å²) in [5.41, 5.74) is -0.0295. The van der Waals surface area contributed by atoms with Crippen LogP contribution < -0.4 is 10.2 Å². The van der Waals surface area contributed by atoms with Gasteiger partial charge in [0.2, 0.25) is 5.91 Å².